The summed E-state index contributed by atoms with van der Waals surface area (Å²) in [4.78, 5) is 23.0. The van der Waals surface area contributed by atoms with Gasteiger partial charge in [-0.2, -0.15) is 0 Å². The summed E-state index contributed by atoms with van der Waals surface area (Å²) in [6.07, 6.45) is 4.34. The fourth-order valence-corrected chi connectivity index (χ4v) is 2.82. The third-order valence-electron chi connectivity index (χ3n) is 4.09. The molecule has 3 amide bonds. The molecule has 0 aromatic carbocycles. The Bertz CT molecular complexity index is 334. The van der Waals surface area contributed by atoms with Crippen molar-refractivity contribution in [2.24, 2.45) is 23.5 Å². The van der Waals surface area contributed by atoms with Crippen LogP contribution < -0.4 is 16.4 Å². The third kappa shape index (κ3) is 5.00. The molecule has 6 nitrogen and oxygen atoms in total. The van der Waals surface area contributed by atoms with Gasteiger partial charge < -0.3 is 21.5 Å². The Balaban J connectivity index is 2.49. The van der Waals surface area contributed by atoms with Gasteiger partial charge in [0, 0.05) is 13.2 Å². The Morgan fingerprint density at radius 3 is 2.35 bits per heavy atom. The number of aliphatic hydroxyl groups excluding tert-OH is 1. The van der Waals surface area contributed by atoms with E-state index in [1.165, 1.54) is 0 Å². The van der Waals surface area contributed by atoms with E-state index in [-0.39, 0.29) is 24.3 Å². The molecule has 1 aliphatic carbocycles. The summed E-state index contributed by atoms with van der Waals surface area (Å²) >= 11 is 0. The lowest BCUT2D eigenvalue weighted by atomic mass is 9.79. The van der Waals surface area contributed by atoms with Crippen molar-refractivity contribution in [3.05, 3.63) is 0 Å². The van der Waals surface area contributed by atoms with Crippen molar-refractivity contribution in [3.8, 4) is 0 Å². The Morgan fingerprint density at radius 2 is 1.85 bits per heavy atom. The lowest BCUT2D eigenvalue weighted by Gasteiger charge is -2.31. The molecule has 0 saturated heterocycles. The molecular formula is C14H27N3O3. The molecule has 0 radical (unpaired) electrons. The highest BCUT2D eigenvalue weighted by Crippen LogP contribution is 2.29. The van der Waals surface area contributed by atoms with Crippen molar-refractivity contribution >= 4 is 11.9 Å². The highest BCUT2D eigenvalue weighted by Gasteiger charge is 2.27. The number of nitrogens with two attached hydrogens (primary N) is 1. The first-order chi connectivity index (χ1) is 9.45. The molecule has 116 valence electrons. The highest BCUT2D eigenvalue weighted by molar-refractivity contribution is 5.86. The summed E-state index contributed by atoms with van der Waals surface area (Å²) in [5.74, 6) is 0.355. The normalized spacial score (nSPS) is 24.2. The Labute approximate surface area is 120 Å². The zero-order valence-electron chi connectivity index (χ0n) is 12.4. The van der Waals surface area contributed by atoms with Crippen LogP contribution in [0.25, 0.3) is 0 Å². The third-order valence-corrected chi connectivity index (χ3v) is 4.09. The van der Waals surface area contributed by atoms with Gasteiger partial charge in [-0.05, 0) is 30.6 Å². The molecular weight excluding hydrogens is 258 g/mol. The topological polar surface area (TPSA) is 104 Å². The van der Waals surface area contributed by atoms with Gasteiger partial charge in [0.15, 0.2) is 0 Å². The van der Waals surface area contributed by atoms with Crippen molar-refractivity contribution in [2.75, 3.05) is 13.2 Å². The van der Waals surface area contributed by atoms with Gasteiger partial charge in [0.25, 0.3) is 0 Å². The van der Waals surface area contributed by atoms with Crippen LogP contribution in [0.1, 0.15) is 39.5 Å². The van der Waals surface area contributed by atoms with Crippen LogP contribution in [0.2, 0.25) is 0 Å². The number of hydrogen-bond donors (Lipinski definition) is 4. The number of aliphatic hydroxyl groups is 1. The largest absolute Gasteiger partial charge is 0.396 e. The zero-order chi connectivity index (χ0) is 15.1. The predicted molar refractivity (Wildman–Crippen MR) is 76.9 cm³/mol. The SMILES string of the molecule is CC(C)C(NC(N)=O)C(=O)NCC1CCCCC1CO. The minimum atomic E-state index is -0.690. The first-order valence-corrected chi connectivity index (χ1v) is 7.40. The monoisotopic (exact) mass is 285 g/mol. The molecule has 0 spiro atoms. The highest BCUT2D eigenvalue weighted by atomic mass is 16.3. The van der Waals surface area contributed by atoms with Crippen LogP contribution >= 0.6 is 0 Å². The second kappa shape index (κ2) is 8.09. The summed E-state index contributed by atoms with van der Waals surface area (Å²) in [6.45, 7) is 4.44. The molecule has 3 atom stereocenters. The quantitative estimate of drug-likeness (QED) is 0.574. The van der Waals surface area contributed by atoms with Crippen LogP contribution in [0.4, 0.5) is 4.79 Å². The smallest absolute Gasteiger partial charge is 0.312 e. The Hall–Kier alpha value is -1.30. The summed E-state index contributed by atoms with van der Waals surface area (Å²) in [5, 5.41) is 14.7. The average molecular weight is 285 g/mol. The van der Waals surface area contributed by atoms with Crippen LogP contribution in [0.15, 0.2) is 0 Å². The summed E-state index contributed by atoms with van der Waals surface area (Å²) < 4.78 is 0. The van der Waals surface area contributed by atoms with Crippen molar-refractivity contribution in [1.29, 1.82) is 0 Å². The van der Waals surface area contributed by atoms with Crippen LogP contribution in [0, 0.1) is 17.8 Å². The molecule has 0 aromatic heterocycles. The van der Waals surface area contributed by atoms with E-state index in [1.54, 1.807) is 0 Å². The minimum Gasteiger partial charge on any atom is -0.396 e. The molecule has 3 unspecified atom stereocenters. The van der Waals surface area contributed by atoms with E-state index in [1.807, 2.05) is 13.8 Å². The van der Waals surface area contributed by atoms with E-state index in [0.717, 1.165) is 25.7 Å². The maximum atomic E-state index is 12.1. The van der Waals surface area contributed by atoms with Crippen molar-refractivity contribution in [3.63, 3.8) is 0 Å². The van der Waals surface area contributed by atoms with Gasteiger partial charge in [0.1, 0.15) is 6.04 Å². The number of primary amides is 1. The van der Waals surface area contributed by atoms with E-state index >= 15 is 0 Å². The van der Waals surface area contributed by atoms with E-state index in [4.69, 9.17) is 5.73 Å². The van der Waals surface area contributed by atoms with Gasteiger partial charge in [0.2, 0.25) is 5.91 Å². The van der Waals surface area contributed by atoms with Crippen molar-refractivity contribution < 1.29 is 14.7 Å². The molecule has 1 fully saturated rings. The first-order valence-electron chi connectivity index (χ1n) is 7.40. The van der Waals surface area contributed by atoms with Gasteiger partial charge >= 0.3 is 6.03 Å². The molecule has 0 heterocycles. The van der Waals surface area contributed by atoms with Gasteiger partial charge in [0.05, 0.1) is 0 Å². The van der Waals surface area contributed by atoms with Crippen LogP contribution in [0.5, 0.6) is 0 Å². The molecule has 1 rings (SSSR count). The number of amides is 3. The number of carbonyl (C=O) groups excluding carboxylic acids is 2. The molecule has 6 heteroatoms. The number of urea groups is 1. The van der Waals surface area contributed by atoms with Gasteiger partial charge in [-0.3, -0.25) is 4.79 Å². The molecule has 0 aromatic rings. The number of hydrogen-bond acceptors (Lipinski definition) is 3. The second-order valence-electron chi connectivity index (χ2n) is 5.96. The van der Waals surface area contributed by atoms with E-state index in [0.29, 0.717) is 12.5 Å². The number of carbonyl (C=O) groups is 2. The second-order valence-corrected chi connectivity index (χ2v) is 5.96. The Morgan fingerprint density at radius 1 is 1.25 bits per heavy atom. The summed E-state index contributed by atoms with van der Waals surface area (Å²) in [6, 6.07) is -1.30. The van der Waals surface area contributed by atoms with Gasteiger partial charge in [-0.25, -0.2) is 4.79 Å². The van der Waals surface area contributed by atoms with Crippen LogP contribution in [-0.2, 0) is 4.79 Å². The van der Waals surface area contributed by atoms with Gasteiger partial charge in [-0.1, -0.05) is 26.7 Å². The molecule has 0 bridgehead atoms. The fraction of sp³-hybridized carbons (Fsp3) is 0.857. The molecule has 1 saturated carbocycles. The number of nitrogens with one attached hydrogen (secondary N) is 2. The zero-order valence-corrected chi connectivity index (χ0v) is 12.4. The maximum absolute atomic E-state index is 12.1. The standard InChI is InChI=1S/C14H27N3O3/c1-9(2)12(17-14(15)20)13(19)16-7-10-5-3-4-6-11(10)8-18/h9-12,18H,3-8H2,1-2H3,(H,16,19)(H3,15,17,20). The molecule has 5 N–H and O–H groups in total. The molecule has 20 heavy (non-hydrogen) atoms. The maximum Gasteiger partial charge on any atom is 0.312 e. The predicted octanol–water partition coefficient (Wildman–Crippen LogP) is 0.594. The summed E-state index contributed by atoms with van der Waals surface area (Å²) in [7, 11) is 0. The molecule has 0 aliphatic heterocycles. The first kappa shape index (κ1) is 16.8. The van der Waals surface area contributed by atoms with E-state index in [9.17, 15) is 14.7 Å². The average Bonchev–Trinajstić information content (AvgIpc) is 2.42. The van der Waals surface area contributed by atoms with Gasteiger partial charge in [-0.15, -0.1) is 0 Å². The number of rotatable bonds is 6. The molecule has 1 aliphatic rings. The lowest BCUT2D eigenvalue weighted by Crippen LogP contribution is -2.52. The fourth-order valence-electron chi connectivity index (χ4n) is 2.82. The Kier molecular flexibility index (Phi) is 6.78. The summed E-state index contributed by atoms with van der Waals surface area (Å²) in [5.41, 5.74) is 5.09. The van der Waals surface area contributed by atoms with E-state index < -0.39 is 12.1 Å². The van der Waals surface area contributed by atoms with Crippen molar-refractivity contribution in [2.45, 2.75) is 45.6 Å². The minimum absolute atomic E-state index is 0.0255. The van der Waals surface area contributed by atoms with E-state index in [2.05, 4.69) is 10.6 Å². The van der Waals surface area contributed by atoms with Crippen molar-refractivity contribution in [1.82, 2.24) is 10.6 Å². The lowest BCUT2D eigenvalue weighted by molar-refractivity contribution is -0.124. The van der Waals surface area contributed by atoms with Crippen LogP contribution in [0.3, 0.4) is 0 Å². The van der Waals surface area contributed by atoms with Crippen LogP contribution in [-0.4, -0.2) is 36.2 Å².